The van der Waals surface area contributed by atoms with Crippen molar-refractivity contribution in [2.75, 3.05) is 31.1 Å². The summed E-state index contributed by atoms with van der Waals surface area (Å²) in [7, 11) is 3.42. The molecule has 0 bridgehead atoms. The second-order valence-corrected chi connectivity index (χ2v) is 7.61. The minimum atomic E-state index is -0.501. The van der Waals surface area contributed by atoms with Gasteiger partial charge in [-0.1, -0.05) is 25.4 Å². The van der Waals surface area contributed by atoms with Crippen LogP contribution in [0.1, 0.15) is 31.0 Å². The van der Waals surface area contributed by atoms with Crippen LogP contribution < -0.4 is 20.9 Å². The maximum Gasteiger partial charge on any atom is 0.337 e. The average Bonchev–Trinajstić information content (AvgIpc) is 2.99. The third-order valence-electron chi connectivity index (χ3n) is 4.49. The van der Waals surface area contributed by atoms with Crippen molar-refractivity contribution >= 4 is 40.2 Å². The van der Waals surface area contributed by atoms with Crippen LogP contribution in [0.2, 0.25) is 5.15 Å². The van der Waals surface area contributed by atoms with Gasteiger partial charge in [-0.15, -0.1) is 0 Å². The number of hydrogen-bond acceptors (Lipinski definition) is 7. The number of hydrazine groups is 1. The van der Waals surface area contributed by atoms with Gasteiger partial charge >= 0.3 is 6.03 Å². The molecule has 3 N–H and O–H groups in total. The summed E-state index contributed by atoms with van der Waals surface area (Å²) in [5.74, 6) is 1.05. The van der Waals surface area contributed by atoms with Gasteiger partial charge in [0.25, 0.3) is 0 Å². The Hall–Kier alpha value is -3.11. The van der Waals surface area contributed by atoms with Crippen molar-refractivity contribution in [2.24, 2.45) is 7.05 Å². The highest BCUT2D eigenvalue weighted by molar-refractivity contribution is 6.29. The van der Waals surface area contributed by atoms with Crippen molar-refractivity contribution in [3.05, 3.63) is 34.6 Å². The number of ether oxygens (including phenoxy) is 2. The van der Waals surface area contributed by atoms with Crippen molar-refractivity contribution in [1.82, 2.24) is 25.2 Å². The van der Waals surface area contributed by atoms with E-state index in [2.05, 4.69) is 45.1 Å². The minimum absolute atomic E-state index is 0.193. The Balaban J connectivity index is 1.70. The van der Waals surface area contributed by atoms with E-state index in [4.69, 9.17) is 21.1 Å². The molecular formula is C20H26ClN7O3. The molecule has 3 aromatic rings. The van der Waals surface area contributed by atoms with Crippen molar-refractivity contribution in [1.29, 1.82) is 0 Å². The fourth-order valence-corrected chi connectivity index (χ4v) is 3.33. The molecule has 10 nitrogen and oxygen atoms in total. The van der Waals surface area contributed by atoms with Crippen LogP contribution in [0, 0.1) is 6.92 Å². The van der Waals surface area contributed by atoms with E-state index in [-0.39, 0.29) is 17.0 Å². The van der Waals surface area contributed by atoms with Crippen LogP contribution in [0.15, 0.2) is 18.2 Å². The van der Waals surface area contributed by atoms with E-state index in [1.165, 1.54) is 6.07 Å². The smallest absolute Gasteiger partial charge is 0.337 e. The number of aryl methyl sites for hydroxylation is 2. The monoisotopic (exact) mass is 447 g/mol. The topological polar surface area (TPSA) is 115 Å². The number of fused-ring (bicyclic) bond motifs is 1. The lowest BCUT2D eigenvalue weighted by atomic mass is 10.00. The first-order chi connectivity index (χ1) is 14.8. The largest absolute Gasteiger partial charge is 0.475 e. The van der Waals surface area contributed by atoms with E-state index in [1.54, 1.807) is 17.9 Å². The second kappa shape index (κ2) is 9.80. The molecule has 3 aromatic heterocycles. The summed E-state index contributed by atoms with van der Waals surface area (Å²) >= 11 is 6.01. The van der Waals surface area contributed by atoms with Crippen LogP contribution in [-0.2, 0) is 11.8 Å². The van der Waals surface area contributed by atoms with Gasteiger partial charge in [-0.2, -0.15) is 5.10 Å². The van der Waals surface area contributed by atoms with Crippen molar-refractivity contribution in [3.63, 3.8) is 0 Å². The van der Waals surface area contributed by atoms with Gasteiger partial charge < -0.3 is 14.8 Å². The molecule has 0 fully saturated rings. The molecule has 0 radical (unpaired) electrons. The normalized spacial score (nSPS) is 11.1. The Morgan fingerprint density at radius 2 is 2.00 bits per heavy atom. The summed E-state index contributed by atoms with van der Waals surface area (Å²) < 4.78 is 12.1. The van der Waals surface area contributed by atoms with Crippen LogP contribution in [0.3, 0.4) is 0 Å². The maximum absolute atomic E-state index is 12.4. The van der Waals surface area contributed by atoms with Crippen LogP contribution in [0.25, 0.3) is 11.0 Å². The van der Waals surface area contributed by atoms with E-state index in [0.29, 0.717) is 24.7 Å². The molecule has 166 valence electrons. The third kappa shape index (κ3) is 5.53. The predicted octanol–water partition coefficient (Wildman–Crippen LogP) is 3.62. The molecular weight excluding hydrogens is 422 g/mol. The van der Waals surface area contributed by atoms with Gasteiger partial charge in [-0.05, 0) is 30.5 Å². The number of rotatable bonds is 8. The Labute approximate surface area is 185 Å². The number of nitrogens with one attached hydrogen (secondary N) is 3. The van der Waals surface area contributed by atoms with E-state index in [1.807, 2.05) is 20.0 Å². The number of pyridine rings is 2. The first-order valence-corrected chi connectivity index (χ1v) is 10.1. The number of hydrogen-bond donors (Lipinski definition) is 3. The molecule has 0 spiro atoms. The molecule has 0 aliphatic carbocycles. The van der Waals surface area contributed by atoms with Crippen LogP contribution in [-0.4, -0.2) is 46.1 Å². The van der Waals surface area contributed by atoms with Crippen molar-refractivity contribution in [3.8, 4) is 5.88 Å². The first-order valence-electron chi connectivity index (χ1n) is 9.75. The number of urea groups is 1. The standard InChI is InChI=1S/C20H26ClN7O3/c1-11(2)14-10-16(24-19-18(14)12(3)27-28(19)4)25-26-20(29)22-13-8-15(21)23-17(9-13)31-7-6-30-5/h8-11H,6-7H2,1-5H3,(H,24,25)(H2,22,23,26,29). The quantitative estimate of drug-likeness (QED) is 0.274. The zero-order valence-electron chi connectivity index (χ0n) is 18.1. The number of carbonyl (C=O) groups excluding carboxylic acids is 1. The van der Waals surface area contributed by atoms with Crippen LogP contribution in [0.4, 0.5) is 16.3 Å². The number of carbonyl (C=O) groups is 1. The fourth-order valence-electron chi connectivity index (χ4n) is 3.13. The Morgan fingerprint density at radius 3 is 2.71 bits per heavy atom. The summed E-state index contributed by atoms with van der Waals surface area (Å²) in [6, 6.07) is 4.50. The molecule has 3 rings (SSSR count). The highest BCUT2D eigenvalue weighted by Crippen LogP contribution is 2.29. The molecule has 0 unspecified atom stereocenters. The van der Waals surface area contributed by atoms with Gasteiger partial charge in [0, 0.05) is 25.6 Å². The van der Waals surface area contributed by atoms with E-state index >= 15 is 0 Å². The van der Waals surface area contributed by atoms with E-state index < -0.39 is 6.03 Å². The molecule has 0 atom stereocenters. The van der Waals surface area contributed by atoms with Gasteiger partial charge in [0.15, 0.2) is 5.65 Å². The molecule has 2 amide bonds. The van der Waals surface area contributed by atoms with Gasteiger partial charge in [-0.3, -0.25) is 15.5 Å². The summed E-state index contributed by atoms with van der Waals surface area (Å²) in [5.41, 5.74) is 8.62. The third-order valence-corrected chi connectivity index (χ3v) is 4.68. The van der Waals surface area contributed by atoms with Crippen molar-refractivity contribution in [2.45, 2.75) is 26.7 Å². The number of halogens is 1. The molecule has 31 heavy (non-hydrogen) atoms. The zero-order valence-corrected chi connectivity index (χ0v) is 18.9. The lowest BCUT2D eigenvalue weighted by molar-refractivity contribution is 0.144. The SMILES string of the molecule is COCCOc1cc(NC(=O)NNc2cc(C(C)C)c3c(C)nn(C)c3n2)cc(Cl)n1. The summed E-state index contributed by atoms with van der Waals surface area (Å²) in [6.07, 6.45) is 0. The van der Waals surface area contributed by atoms with Crippen molar-refractivity contribution < 1.29 is 14.3 Å². The second-order valence-electron chi connectivity index (χ2n) is 7.22. The van der Waals surface area contributed by atoms with Crippen LogP contribution >= 0.6 is 11.6 Å². The number of nitrogens with zero attached hydrogens (tertiary/aromatic N) is 4. The molecule has 0 aliphatic rings. The fraction of sp³-hybridized carbons (Fsp3) is 0.400. The Kier molecular flexibility index (Phi) is 7.13. The minimum Gasteiger partial charge on any atom is -0.475 e. The van der Waals surface area contributed by atoms with Gasteiger partial charge in [-0.25, -0.2) is 14.8 Å². The summed E-state index contributed by atoms with van der Waals surface area (Å²) in [4.78, 5) is 21.0. The molecule has 3 heterocycles. The number of anilines is 2. The first kappa shape index (κ1) is 22.6. The molecule has 0 aromatic carbocycles. The van der Waals surface area contributed by atoms with Crippen LogP contribution in [0.5, 0.6) is 5.88 Å². The lowest BCUT2D eigenvalue weighted by Crippen LogP contribution is -2.34. The van der Waals surface area contributed by atoms with Gasteiger partial charge in [0.05, 0.1) is 18.0 Å². The van der Waals surface area contributed by atoms with E-state index in [0.717, 1.165) is 22.3 Å². The van der Waals surface area contributed by atoms with E-state index in [9.17, 15) is 4.79 Å². The summed E-state index contributed by atoms with van der Waals surface area (Å²) in [6.45, 7) is 6.89. The predicted molar refractivity (Wildman–Crippen MR) is 120 cm³/mol. The highest BCUT2D eigenvalue weighted by atomic mass is 35.5. The molecule has 0 aliphatic heterocycles. The molecule has 11 heteroatoms. The average molecular weight is 448 g/mol. The number of aromatic nitrogens is 4. The van der Waals surface area contributed by atoms with Gasteiger partial charge in [0.2, 0.25) is 5.88 Å². The Bertz CT molecular complexity index is 1080. The summed E-state index contributed by atoms with van der Waals surface area (Å²) in [5, 5.41) is 8.36. The number of methoxy groups -OCH3 is 1. The zero-order chi connectivity index (χ0) is 22.5. The Morgan fingerprint density at radius 1 is 1.23 bits per heavy atom. The lowest BCUT2D eigenvalue weighted by Gasteiger charge is -2.14. The highest BCUT2D eigenvalue weighted by Gasteiger charge is 2.16. The van der Waals surface area contributed by atoms with Gasteiger partial charge in [0.1, 0.15) is 17.6 Å². The molecule has 0 saturated carbocycles. The molecule has 0 saturated heterocycles. The maximum atomic E-state index is 12.4. The number of amides is 2.